The van der Waals surface area contributed by atoms with Crippen LogP contribution in [-0.2, 0) is 6.54 Å². The fourth-order valence-electron chi connectivity index (χ4n) is 1.93. The SMILES string of the molecule is COc1ccc2ncnc(Oc3c[nH]c(CN)c3)c2c1. The fraction of sp³-hybridized carbons (Fsp3) is 0.143. The molecule has 3 rings (SSSR count). The largest absolute Gasteiger partial charge is 0.497 e. The van der Waals surface area contributed by atoms with Crippen molar-refractivity contribution >= 4 is 10.9 Å². The lowest BCUT2D eigenvalue weighted by molar-refractivity contribution is 0.415. The zero-order valence-corrected chi connectivity index (χ0v) is 11.0. The van der Waals surface area contributed by atoms with Crippen LogP contribution in [0.3, 0.4) is 0 Å². The van der Waals surface area contributed by atoms with Crippen LogP contribution < -0.4 is 15.2 Å². The first-order chi connectivity index (χ1) is 9.80. The van der Waals surface area contributed by atoms with Crippen molar-refractivity contribution in [2.75, 3.05) is 7.11 Å². The minimum absolute atomic E-state index is 0.432. The first-order valence-corrected chi connectivity index (χ1v) is 6.14. The summed E-state index contributed by atoms with van der Waals surface area (Å²) in [6, 6.07) is 7.41. The van der Waals surface area contributed by atoms with E-state index in [9.17, 15) is 0 Å². The molecule has 6 heteroatoms. The lowest BCUT2D eigenvalue weighted by Gasteiger charge is -2.07. The standard InChI is InChI=1S/C14H14N4O2/c1-19-10-2-3-13-12(5-10)14(18-8-17-13)20-11-4-9(6-15)16-7-11/h2-5,7-8,16H,6,15H2,1H3. The smallest absolute Gasteiger partial charge is 0.230 e. The molecule has 20 heavy (non-hydrogen) atoms. The van der Waals surface area contributed by atoms with E-state index in [1.54, 1.807) is 13.3 Å². The van der Waals surface area contributed by atoms with E-state index in [-0.39, 0.29) is 0 Å². The van der Waals surface area contributed by atoms with Crippen LogP contribution in [0.2, 0.25) is 0 Å². The Hall–Kier alpha value is -2.60. The summed E-state index contributed by atoms with van der Waals surface area (Å²) in [6.07, 6.45) is 3.22. The Morgan fingerprint density at radius 2 is 2.10 bits per heavy atom. The van der Waals surface area contributed by atoms with Gasteiger partial charge >= 0.3 is 0 Å². The molecule has 1 aromatic carbocycles. The Kier molecular flexibility index (Phi) is 3.22. The van der Waals surface area contributed by atoms with Crippen molar-refractivity contribution in [3.8, 4) is 17.4 Å². The summed E-state index contributed by atoms with van der Waals surface area (Å²) in [7, 11) is 1.62. The second-order valence-electron chi connectivity index (χ2n) is 4.23. The highest BCUT2D eigenvalue weighted by Gasteiger charge is 2.08. The molecular weight excluding hydrogens is 256 g/mol. The van der Waals surface area contributed by atoms with Gasteiger partial charge in [0.15, 0.2) is 0 Å². The summed E-state index contributed by atoms with van der Waals surface area (Å²) in [4.78, 5) is 11.4. The van der Waals surface area contributed by atoms with Crippen molar-refractivity contribution < 1.29 is 9.47 Å². The molecule has 0 aliphatic carbocycles. The van der Waals surface area contributed by atoms with E-state index in [0.29, 0.717) is 18.2 Å². The van der Waals surface area contributed by atoms with Crippen molar-refractivity contribution in [1.82, 2.24) is 15.0 Å². The number of rotatable bonds is 4. The molecule has 0 unspecified atom stereocenters. The van der Waals surface area contributed by atoms with E-state index in [2.05, 4.69) is 15.0 Å². The summed E-state index contributed by atoms with van der Waals surface area (Å²) >= 11 is 0. The maximum Gasteiger partial charge on any atom is 0.230 e. The molecule has 2 aromatic heterocycles. The number of H-pyrrole nitrogens is 1. The van der Waals surface area contributed by atoms with Crippen LogP contribution >= 0.6 is 0 Å². The molecule has 0 atom stereocenters. The molecule has 2 heterocycles. The molecule has 0 saturated carbocycles. The number of fused-ring (bicyclic) bond motifs is 1. The fourth-order valence-corrected chi connectivity index (χ4v) is 1.93. The summed E-state index contributed by atoms with van der Waals surface area (Å²) in [5.41, 5.74) is 7.25. The van der Waals surface area contributed by atoms with Gasteiger partial charge in [0, 0.05) is 24.5 Å². The van der Waals surface area contributed by atoms with Gasteiger partial charge in [0.05, 0.1) is 18.0 Å². The van der Waals surface area contributed by atoms with E-state index in [0.717, 1.165) is 22.3 Å². The first kappa shape index (κ1) is 12.4. The molecule has 0 saturated heterocycles. The van der Waals surface area contributed by atoms with Crippen molar-refractivity contribution in [2.45, 2.75) is 6.54 Å². The van der Waals surface area contributed by atoms with Gasteiger partial charge in [-0.2, -0.15) is 0 Å². The normalized spacial score (nSPS) is 10.7. The third kappa shape index (κ3) is 2.28. The van der Waals surface area contributed by atoms with Gasteiger partial charge in [-0.1, -0.05) is 0 Å². The van der Waals surface area contributed by atoms with E-state index >= 15 is 0 Å². The lowest BCUT2D eigenvalue weighted by atomic mass is 10.2. The average Bonchev–Trinajstić information content (AvgIpc) is 2.95. The van der Waals surface area contributed by atoms with E-state index in [4.69, 9.17) is 15.2 Å². The number of benzene rings is 1. The predicted molar refractivity (Wildman–Crippen MR) is 74.8 cm³/mol. The maximum absolute atomic E-state index is 5.78. The number of nitrogens with two attached hydrogens (primary N) is 1. The first-order valence-electron chi connectivity index (χ1n) is 6.14. The minimum Gasteiger partial charge on any atom is -0.497 e. The van der Waals surface area contributed by atoms with E-state index in [1.165, 1.54) is 6.33 Å². The number of aromatic amines is 1. The van der Waals surface area contributed by atoms with E-state index < -0.39 is 0 Å². The summed E-state index contributed by atoms with van der Waals surface area (Å²) < 4.78 is 11.0. The highest BCUT2D eigenvalue weighted by molar-refractivity contribution is 5.84. The molecule has 0 aliphatic heterocycles. The number of nitrogens with zero attached hydrogens (tertiary/aromatic N) is 2. The number of ether oxygens (including phenoxy) is 2. The van der Waals surface area contributed by atoms with Crippen molar-refractivity contribution in [1.29, 1.82) is 0 Å². The van der Waals surface area contributed by atoms with Gasteiger partial charge in [-0.15, -0.1) is 0 Å². The molecule has 3 aromatic rings. The molecule has 0 fully saturated rings. The molecule has 0 bridgehead atoms. The Morgan fingerprint density at radius 1 is 1.20 bits per heavy atom. The Labute approximate surface area is 115 Å². The lowest BCUT2D eigenvalue weighted by Crippen LogP contribution is -1.95. The third-order valence-corrected chi connectivity index (χ3v) is 2.96. The summed E-state index contributed by atoms with van der Waals surface area (Å²) in [6.45, 7) is 0.432. The third-order valence-electron chi connectivity index (χ3n) is 2.96. The van der Waals surface area contributed by atoms with Crippen LogP contribution in [0.1, 0.15) is 5.69 Å². The van der Waals surface area contributed by atoms with Crippen molar-refractivity contribution in [3.05, 3.63) is 42.5 Å². The van der Waals surface area contributed by atoms with Crippen LogP contribution in [0.15, 0.2) is 36.8 Å². The highest BCUT2D eigenvalue weighted by Crippen LogP contribution is 2.29. The minimum atomic E-state index is 0.432. The maximum atomic E-state index is 5.78. The van der Waals surface area contributed by atoms with Gasteiger partial charge in [-0.05, 0) is 18.2 Å². The van der Waals surface area contributed by atoms with E-state index in [1.807, 2.05) is 24.3 Å². The van der Waals surface area contributed by atoms with Gasteiger partial charge in [0.25, 0.3) is 0 Å². The second kappa shape index (κ2) is 5.18. The van der Waals surface area contributed by atoms with Gasteiger partial charge in [-0.25, -0.2) is 9.97 Å². The average molecular weight is 270 g/mol. The zero-order chi connectivity index (χ0) is 13.9. The Bertz CT molecular complexity index is 739. The summed E-state index contributed by atoms with van der Waals surface area (Å²) in [5.74, 6) is 1.87. The van der Waals surface area contributed by atoms with Crippen molar-refractivity contribution in [2.24, 2.45) is 5.73 Å². The van der Waals surface area contributed by atoms with Crippen LogP contribution in [-0.4, -0.2) is 22.1 Å². The number of nitrogens with one attached hydrogen (secondary N) is 1. The number of methoxy groups -OCH3 is 1. The molecule has 0 radical (unpaired) electrons. The van der Waals surface area contributed by atoms with Crippen molar-refractivity contribution in [3.63, 3.8) is 0 Å². The van der Waals surface area contributed by atoms with Gasteiger partial charge < -0.3 is 20.2 Å². The number of hydrogen-bond acceptors (Lipinski definition) is 5. The van der Waals surface area contributed by atoms with Gasteiger partial charge in [-0.3, -0.25) is 0 Å². The Morgan fingerprint density at radius 3 is 2.85 bits per heavy atom. The predicted octanol–water partition coefficient (Wildman–Crippen LogP) is 2.22. The zero-order valence-electron chi connectivity index (χ0n) is 11.0. The topological polar surface area (TPSA) is 86.1 Å². The highest BCUT2D eigenvalue weighted by atomic mass is 16.5. The Balaban J connectivity index is 2.01. The molecule has 0 amide bonds. The number of aromatic nitrogens is 3. The summed E-state index contributed by atoms with van der Waals surface area (Å²) in [5, 5.41) is 0.794. The van der Waals surface area contributed by atoms with Crippen LogP contribution in [0.5, 0.6) is 17.4 Å². The molecule has 0 spiro atoms. The van der Waals surface area contributed by atoms with Gasteiger partial charge in [0.2, 0.25) is 5.88 Å². The van der Waals surface area contributed by atoms with Gasteiger partial charge in [0.1, 0.15) is 17.8 Å². The number of hydrogen-bond donors (Lipinski definition) is 2. The van der Waals surface area contributed by atoms with Crippen LogP contribution in [0, 0.1) is 0 Å². The quantitative estimate of drug-likeness (QED) is 0.759. The molecule has 102 valence electrons. The molecule has 6 nitrogen and oxygen atoms in total. The monoisotopic (exact) mass is 270 g/mol. The second-order valence-corrected chi connectivity index (χ2v) is 4.23. The molecule has 3 N–H and O–H groups in total. The molecule has 0 aliphatic rings. The molecular formula is C14H14N4O2. The van der Waals surface area contributed by atoms with Crippen LogP contribution in [0.4, 0.5) is 0 Å². The van der Waals surface area contributed by atoms with Crippen LogP contribution in [0.25, 0.3) is 10.9 Å².